The lowest BCUT2D eigenvalue weighted by molar-refractivity contribution is 0.874. The summed E-state index contributed by atoms with van der Waals surface area (Å²) < 4.78 is 0. The first-order chi connectivity index (χ1) is 8.63. The summed E-state index contributed by atoms with van der Waals surface area (Å²) >= 11 is 3.37. The van der Waals surface area contributed by atoms with Crippen LogP contribution in [-0.2, 0) is 19.5 Å². The van der Waals surface area contributed by atoms with Gasteiger partial charge in [0.25, 0.3) is 0 Å². The first-order valence-electron chi connectivity index (χ1n) is 5.94. The van der Waals surface area contributed by atoms with Gasteiger partial charge in [-0.15, -0.1) is 22.7 Å². The van der Waals surface area contributed by atoms with E-state index in [2.05, 4.69) is 27.2 Å². The predicted octanol–water partition coefficient (Wildman–Crippen LogP) is 2.57. The number of rotatable bonds is 5. The fourth-order valence-corrected chi connectivity index (χ4v) is 3.35. The smallest absolute Gasteiger partial charge is 0.185 e. The molecule has 0 saturated heterocycles. The van der Waals surface area contributed by atoms with Crippen LogP contribution in [0.3, 0.4) is 0 Å². The molecule has 0 aliphatic carbocycles. The monoisotopic (exact) mass is 282 g/mol. The highest BCUT2D eigenvalue weighted by Gasteiger charge is 2.13. The van der Waals surface area contributed by atoms with Crippen LogP contribution in [0.25, 0.3) is 0 Å². The summed E-state index contributed by atoms with van der Waals surface area (Å²) in [5.41, 5.74) is 7.96. The van der Waals surface area contributed by atoms with E-state index in [-0.39, 0.29) is 0 Å². The molecule has 0 aliphatic heterocycles. The van der Waals surface area contributed by atoms with Gasteiger partial charge in [0.15, 0.2) is 5.13 Å². The molecule has 0 aromatic carbocycles. The van der Waals surface area contributed by atoms with E-state index in [1.807, 2.05) is 14.0 Å². The van der Waals surface area contributed by atoms with Crippen LogP contribution >= 0.6 is 22.7 Å². The van der Waals surface area contributed by atoms with Crippen molar-refractivity contribution in [2.24, 2.45) is 5.73 Å². The molecule has 2 N–H and O–H groups in total. The van der Waals surface area contributed by atoms with Crippen LogP contribution in [0.2, 0.25) is 0 Å². The van der Waals surface area contributed by atoms with Crippen molar-refractivity contribution in [3.63, 3.8) is 0 Å². The Morgan fingerprint density at radius 2 is 2.17 bits per heavy atom. The molecule has 0 aliphatic rings. The second kappa shape index (κ2) is 5.77. The highest BCUT2D eigenvalue weighted by Crippen LogP contribution is 2.26. The Bertz CT molecular complexity index is 496. The molecular weight excluding hydrogens is 264 g/mol. The molecule has 0 fully saturated rings. The summed E-state index contributed by atoms with van der Waals surface area (Å²) in [6.07, 6.45) is 0.937. The maximum Gasteiger partial charge on any atom is 0.185 e. The Kier molecular flexibility index (Phi) is 4.31. The van der Waals surface area contributed by atoms with Crippen molar-refractivity contribution in [3.8, 4) is 0 Å². The number of hydrogen-bond donors (Lipinski definition) is 1. The summed E-state index contributed by atoms with van der Waals surface area (Å²) in [4.78, 5) is 12.4. The maximum atomic E-state index is 5.74. The molecule has 2 aromatic heterocycles. The largest absolute Gasteiger partial charge is 0.345 e. The van der Waals surface area contributed by atoms with Gasteiger partial charge >= 0.3 is 0 Å². The number of anilines is 1. The molecule has 18 heavy (non-hydrogen) atoms. The Labute approximate surface area is 115 Å². The van der Waals surface area contributed by atoms with E-state index in [1.54, 1.807) is 22.7 Å². The van der Waals surface area contributed by atoms with Crippen LogP contribution < -0.4 is 10.6 Å². The van der Waals surface area contributed by atoms with Gasteiger partial charge in [-0.2, -0.15) is 0 Å². The fourth-order valence-electron chi connectivity index (χ4n) is 1.76. The van der Waals surface area contributed by atoms with Crippen molar-refractivity contribution in [2.75, 3.05) is 11.9 Å². The van der Waals surface area contributed by atoms with Gasteiger partial charge in [-0.3, -0.25) is 0 Å². The van der Waals surface area contributed by atoms with Gasteiger partial charge in [-0.1, -0.05) is 6.92 Å². The van der Waals surface area contributed by atoms with Gasteiger partial charge in [-0.05, 0) is 13.3 Å². The molecule has 0 radical (unpaired) electrons. The van der Waals surface area contributed by atoms with Crippen LogP contribution in [0.1, 0.15) is 28.2 Å². The Morgan fingerprint density at radius 1 is 1.39 bits per heavy atom. The van der Waals surface area contributed by atoms with E-state index in [9.17, 15) is 0 Å². The second-order valence-corrected chi connectivity index (χ2v) is 6.26. The van der Waals surface area contributed by atoms with Crippen molar-refractivity contribution in [2.45, 2.75) is 33.4 Å². The molecule has 98 valence electrons. The second-order valence-electron chi connectivity index (χ2n) is 4.14. The topological polar surface area (TPSA) is 55.0 Å². The van der Waals surface area contributed by atoms with Crippen molar-refractivity contribution in [3.05, 3.63) is 26.7 Å². The maximum absolute atomic E-state index is 5.74. The van der Waals surface area contributed by atoms with Crippen LogP contribution in [-0.4, -0.2) is 17.0 Å². The average molecular weight is 282 g/mol. The van der Waals surface area contributed by atoms with E-state index in [4.69, 9.17) is 5.73 Å². The first kappa shape index (κ1) is 13.5. The molecule has 0 spiro atoms. The highest BCUT2D eigenvalue weighted by atomic mass is 32.1. The molecular formula is C12H18N4S2. The van der Waals surface area contributed by atoms with Crippen molar-refractivity contribution >= 4 is 27.8 Å². The zero-order valence-electron chi connectivity index (χ0n) is 10.9. The standard InChI is InChI=1S/C12H18N4S2/c1-4-10-11(5-13)18-12(15-10)16(3)6-9-7-17-8(2)14-9/h7H,4-6,13H2,1-3H3. The van der Waals surface area contributed by atoms with Crippen molar-refractivity contribution in [1.82, 2.24) is 9.97 Å². The zero-order chi connectivity index (χ0) is 13.1. The summed E-state index contributed by atoms with van der Waals surface area (Å²) in [6.45, 7) is 5.51. The first-order valence-corrected chi connectivity index (χ1v) is 7.64. The van der Waals surface area contributed by atoms with Gasteiger partial charge in [0.2, 0.25) is 0 Å². The lowest BCUT2D eigenvalue weighted by Gasteiger charge is -2.13. The molecule has 0 bridgehead atoms. The molecule has 0 atom stereocenters. The van der Waals surface area contributed by atoms with Crippen molar-refractivity contribution < 1.29 is 0 Å². The van der Waals surface area contributed by atoms with Gasteiger partial charge in [0.1, 0.15) is 0 Å². The van der Waals surface area contributed by atoms with Crippen LogP contribution in [0.15, 0.2) is 5.38 Å². The van der Waals surface area contributed by atoms with Gasteiger partial charge in [-0.25, -0.2) is 9.97 Å². The number of thiazole rings is 2. The Balaban J connectivity index is 2.13. The van der Waals surface area contributed by atoms with Crippen molar-refractivity contribution in [1.29, 1.82) is 0 Å². The van der Waals surface area contributed by atoms with Crippen LogP contribution in [0.5, 0.6) is 0 Å². The Hall–Kier alpha value is -0.980. The number of nitrogens with zero attached hydrogens (tertiary/aromatic N) is 3. The molecule has 0 amide bonds. The summed E-state index contributed by atoms with van der Waals surface area (Å²) in [5, 5.41) is 4.23. The zero-order valence-corrected chi connectivity index (χ0v) is 12.6. The third-order valence-electron chi connectivity index (χ3n) is 2.68. The van der Waals surface area contributed by atoms with Gasteiger partial charge in [0.05, 0.1) is 22.9 Å². The van der Waals surface area contributed by atoms with E-state index in [0.717, 1.165) is 34.5 Å². The number of aromatic nitrogens is 2. The summed E-state index contributed by atoms with van der Waals surface area (Å²) in [7, 11) is 2.05. The lowest BCUT2D eigenvalue weighted by Crippen LogP contribution is -2.16. The molecule has 0 unspecified atom stereocenters. The third-order valence-corrected chi connectivity index (χ3v) is 4.74. The molecule has 4 nitrogen and oxygen atoms in total. The summed E-state index contributed by atoms with van der Waals surface area (Å²) in [6, 6.07) is 0. The van der Waals surface area contributed by atoms with E-state index in [0.29, 0.717) is 6.54 Å². The highest BCUT2D eigenvalue weighted by molar-refractivity contribution is 7.15. The Morgan fingerprint density at radius 3 is 2.67 bits per heavy atom. The lowest BCUT2D eigenvalue weighted by atomic mass is 10.3. The van der Waals surface area contributed by atoms with E-state index < -0.39 is 0 Å². The minimum Gasteiger partial charge on any atom is -0.345 e. The minimum atomic E-state index is 0.574. The minimum absolute atomic E-state index is 0.574. The fraction of sp³-hybridized carbons (Fsp3) is 0.500. The van der Waals surface area contributed by atoms with Crippen LogP contribution in [0.4, 0.5) is 5.13 Å². The van der Waals surface area contributed by atoms with E-state index in [1.165, 1.54) is 4.88 Å². The number of hydrogen-bond acceptors (Lipinski definition) is 6. The predicted molar refractivity (Wildman–Crippen MR) is 78.3 cm³/mol. The van der Waals surface area contributed by atoms with E-state index >= 15 is 0 Å². The summed E-state index contributed by atoms with van der Waals surface area (Å²) in [5.74, 6) is 0. The van der Waals surface area contributed by atoms with Gasteiger partial charge in [0, 0.05) is 23.8 Å². The molecule has 2 heterocycles. The molecule has 0 saturated carbocycles. The SMILES string of the molecule is CCc1nc(N(C)Cc2csc(C)n2)sc1CN. The van der Waals surface area contributed by atoms with Gasteiger partial charge < -0.3 is 10.6 Å². The average Bonchev–Trinajstić information content (AvgIpc) is 2.95. The molecule has 6 heteroatoms. The van der Waals surface area contributed by atoms with Crippen LogP contribution in [0, 0.1) is 6.92 Å². The molecule has 2 aromatic rings. The third kappa shape index (κ3) is 2.88. The number of nitrogens with two attached hydrogens (primary N) is 1. The normalized spacial score (nSPS) is 10.9. The quantitative estimate of drug-likeness (QED) is 0.915. The molecule has 2 rings (SSSR count). The number of aryl methyl sites for hydroxylation is 2.